The number of aromatic nitrogens is 2. The van der Waals surface area contributed by atoms with Crippen molar-refractivity contribution in [3.8, 4) is 33.3 Å². The predicted octanol–water partition coefficient (Wildman–Crippen LogP) is 8.35. The van der Waals surface area contributed by atoms with E-state index in [1.54, 1.807) is 22.7 Å². The van der Waals surface area contributed by atoms with Gasteiger partial charge in [-0.15, -0.1) is 22.7 Å². The minimum Gasteiger partial charge on any atom is -0.351 e. The molecule has 0 spiro atoms. The van der Waals surface area contributed by atoms with Gasteiger partial charge in [0.15, 0.2) is 0 Å². The number of fused-ring (bicyclic) bond motifs is 5. The summed E-state index contributed by atoms with van der Waals surface area (Å²) >= 11 is 6.46. The second kappa shape index (κ2) is 9.08. The van der Waals surface area contributed by atoms with E-state index in [2.05, 4.69) is 55.0 Å². The molecule has 8 nitrogen and oxygen atoms in total. The molecule has 0 aliphatic rings. The van der Waals surface area contributed by atoms with Crippen LogP contribution in [0.5, 0.6) is 0 Å². The molecule has 0 atom stereocenters. The van der Waals surface area contributed by atoms with Crippen LogP contribution < -0.4 is 0 Å². The van der Waals surface area contributed by atoms with Crippen molar-refractivity contribution in [2.45, 2.75) is 0 Å². The first-order valence-electron chi connectivity index (χ1n) is 10.9. The molecule has 0 N–H and O–H groups in total. The topological polar surface area (TPSA) is 90.9 Å². The Morgan fingerprint density at radius 2 is 1.16 bits per heavy atom. The van der Waals surface area contributed by atoms with E-state index in [0.717, 1.165) is 21.1 Å². The molecule has 12 heteroatoms. The third-order valence-corrected chi connectivity index (χ3v) is 10.4. The van der Waals surface area contributed by atoms with Crippen LogP contribution in [0.15, 0.2) is 46.4 Å². The molecule has 0 amide bonds. The number of nitriles is 2. The Hall–Kier alpha value is -4.56. The Morgan fingerprint density at radius 1 is 0.737 bits per heavy atom. The summed E-state index contributed by atoms with van der Waals surface area (Å²) in [7, 11) is 4.13. The van der Waals surface area contributed by atoms with Gasteiger partial charge in [-0.2, -0.15) is 0 Å². The number of aliphatic imine (C=N–C) groups is 2. The zero-order chi connectivity index (χ0) is 26.6. The summed E-state index contributed by atoms with van der Waals surface area (Å²) in [5.41, 5.74) is 4.52. The normalized spacial score (nSPS) is 12.2. The molecule has 0 saturated carbocycles. The fourth-order valence-corrected chi connectivity index (χ4v) is 9.10. The second-order valence-corrected chi connectivity index (χ2v) is 12.3. The molecule has 6 aromatic rings. The van der Waals surface area contributed by atoms with Crippen LogP contribution in [0.4, 0.5) is 10.0 Å². The molecule has 6 heterocycles. The first kappa shape index (κ1) is 23.8. The van der Waals surface area contributed by atoms with E-state index in [1.807, 2.05) is 36.4 Å². The molecule has 0 unspecified atom stereocenters. The zero-order valence-corrected chi connectivity index (χ0v) is 22.9. The largest absolute Gasteiger partial charge is 0.351 e. The van der Waals surface area contributed by atoms with Gasteiger partial charge in [0.05, 0.1) is 51.0 Å². The van der Waals surface area contributed by atoms with Crippen LogP contribution in [0, 0.1) is 35.8 Å². The SMILES string of the molecule is [C-]#[N+]C(C#N)=Nc1ccc(-c2cc3sc4c(sc5cc(-c6ccc(N=C(C#N)[N+]#[C-])s6)n(C)c54)c3n2C)s1. The highest BCUT2D eigenvalue weighted by Crippen LogP contribution is 2.49. The van der Waals surface area contributed by atoms with Crippen molar-refractivity contribution in [2.24, 2.45) is 24.1 Å². The number of hydrogen-bond acceptors (Lipinski definition) is 8. The molecule has 0 radical (unpaired) electrons. The highest BCUT2D eigenvalue weighted by Gasteiger charge is 2.22. The third-order valence-electron chi connectivity index (χ3n) is 5.99. The predicted molar refractivity (Wildman–Crippen MR) is 158 cm³/mol. The van der Waals surface area contributed by atoms with Gasteiger partial charge in [-0.1, -0.05) is 45.8 Å². The van der Waals surface area contributed by atoms with Gasteiger partial charge in [0.25, 0.3) is 0 Å². The Morgan fingerprint density at radius 3 is 1.53 bits per heavy atom. The summed E-state index contributed by atoms with van der Waals surface area (Å²) in [5.74, 6) is -0.334. The van der Waals surface area contributed by atoms with Crippen molar-refractivity contribution in [3.63, 3.8) is 0 Å². The number of thiophene rings is 4. The van der Waals surface area contributed by atoms with E-state index in [4.69, 9.17) is 23.7 Å². The lowest BCUT2D eigenvalue weighted by Crippen LogP contribution is -1.89. The summed E-state index contributed by atoms with van der Waals surface area (Å²) in [4.78, 5) is 16.6. The van der Waals surface area contributed by atoms with Crippen LogP contribution >= 0.6 is 45.3 Å². The van der Waals surface area contributed by atoms with Gasteiger partial charge in [0, 0.05) is 14.1 Å². The molecule has 0 fully saturated rings. The maximum Gasteiger partial charge on any atom is 0.350 e. The van der Waals surface area contributed by atoms with Crippen molar-refractivity contribution >= 4 is 96.9 Å². The van der Waals surface area contributed by atoms with E-state index in [0.29, 0.717) is 10.0 Å². The van der Waals surface area contributed by atoms with Crippen LogP contribution in [0.1, 0.15) is 0 Å². The summed E-state index contributed by atoms with van der Waals surface area (Å²) in [5, 5.41) is 19.3. The lowest BCUT2D eigenvalue weighted by atomic mass is 10.3. The van der Waals surface area contributed by atoms with Crippen molar-refractivity contribution in [1.82, 2.24) is 9.13 Å². The molecule has 0 saturated heterocycles. The molecule has 0 aliphatic heterocycles. The summed E-state index contributed by atoms with van der Waals surface area (Å²) in [6.45, 7) is 14.1. The molecule has 6 aromatic heterocycles. The molecule has 180 valence electrons. The summed E-state index contributed by atoms with van der Waals surface area (Å²) in [6, 6.07) is 15.6. The molecule has 6 rings (SSSR count). The summed E-state index contributed by atoms with van der Waals surface area (Å²) < 4.78 is 9.29. The van der Waals surface area contributed by atoms with Crippen LogP contribution in [0.2, 0.25) is 0 Å². The van der Waals surface area contributed by atoms with Crippen LogP contribution in [-0.2, 0) is 14.1 Å². The monoisotopic (exact) mass is 564 g/mol. The van der Waals surface area contributed by atoms with Crippen LogP contribution in [0.3, 0.4) is 0 Å². The number of rotatable bonds is 4. The Kier molecular flexibility index (Phi) is 5.69. The quantitative estimate of drug-likeness (QED) is 0.122. The van der Waals surface area contributed by atoms with Gasteiger partial charge in [0.2, 0.25) is 10.0 Å². The van der Waals surface area contributed by atoms with Gasteiger partial charge < -0.3 is 18.8 Å². The lowest BCUT2D eigenvalue weighted by molar-refractivity contribution is 0.985. The van der Waals surface area contributed by atoms with Crippen molar-refractivity contribution in [2.75, 3.05) is 0 Å². The standard InChI is InChI=1S/C26H12N8S4/c1-29-19(11-27)31-21-7-5-15(35-21)13-9-17-23(33(13)3)25-26(37-17)24-18(38-25)10-14(34(24)4)16-6-8-22(36-16)32-20(12-28)30-2/h5-10H,3-4H3. The molecule has 0 aliphatic carbocycles. The maximum atomic E-state index is 9.00. The van der Waals surface area contributed by atoms with E-state index >= 15 is 0 Å². The van der Waals surface area contributed by atoms with Gasteiger partial charge in [-0.05, 0) is 36.4 Å². The van der Waals surface area contributed by atoms with Gasteiger partial charge in [0.1, 0.15) is 12.1 Å². The van der Waals surface area contributed by atoms with Crippen molar-refractivity contribution in [3.05, 3.63) is 59.2 Å². The van der Waals surface area contributed by atoms with Crippen molar-refractivity contribution in [1.29, 1.82) is 10.5 Å². The molecule has 0 aromatic carbocycles. The Balaban J connectivity index is 1.42. The lowest BCUT2D eigenvalue weighted by Gasteiger charge is -2.01. The number of amidine groups is 2. The number of hydrogen-bond donors (Lipinski definition) is 0. The first-order chi connectivity index (χ1) is 18.4. The molecular formula is C26H12N8S4. The Bertz CT molecular complexity index is 1970. The molecular weight excluding hydrogens is 553 g/mol. The highest BCUT2D eigenvalue weighted by molar-refractivity contribution is 7.36. The minimum absolute atomic E-state index is 0.167. The zero-order valence-electron chi connectivity index (χ0n) is 19.7. The summed E-state index contributed by atoms with van der Waals surface area (Å²) in [6.07, 6.45) is 0. The van der Waals surface area contributed by atoms with Gasteiger partial charge in [-0.3, -0.25) is 0 Å². The Labute approximate surface area is 232 Å². The fraction of sp³-hybridized carbons (Fsp3) is 0.0769. The third kappa shape index (κ3) is 3.64. The molecule has 38 heavy (non-hydrogen) atoms. The van der Waals surface area contributed by atoms with Gasteiger partial charge >= 0.3 is 11.7 Å². The fourth-order valence-electron chi connectivity index (χ4n) is 4.34. The van der Waals surface area contributed by atoms with E-state index in [1.165, 1.54) is 52.5 Å². The first-order valence-corrected chi connectivity index (χ1v) is 14.1. The van der Waals surface area contributed by atoms with E-state index in [-0.39, 0.29) is 11.7 Å². The highest BCUT2D eigenvalue weighted by atomic mass is 32.1. The number of nitrogens with zero attached hydrogens (tertiary/aromatic N) is 8. The average Bonchev–Trinajstić information content (AvgIpc) is 3.74. The smallest absolute Gasteiger partial charge is 0.350 e. The second-order valence-electron chi connectivity index (χ2n) is 8.06. The van der Waals surface area contributed by atoms with Crippen molar-refractivity contribution < 1.29 is 0 Å². The van der Waals surface area contributed by atoms with Gasteiger partial charge in [-0.25, -0.2) is 10.5 Å². The minimum atomic E-state index is -0.167. The molecule has 0 bridgehead atoms. The van der Waals surface area contributed by atoms with Crippen LogP contribution in [-0.4, -0.2) is 20.8 Å². The van der Waals surface area contributed by atoms with E-state index < -0.39 is 0 Å². The maximum absolute atomic E-state index is 9.00. The average molecular weight is 565 g/mol. The number of aryl methyl sites for hydroxylation is 2. The van der Waals surface area contributed by atoms with E-state index in [9.17, 15) is 0 Å². The van der Waals surface area contributed by atoms with Crippen LogP contribution in [0.25, 0.3) is 60.7 Å².